The van der Waals surface area contributed by atoms with Gasteiger partial charge in [-0.2, -0.15) is 0 Å². The summed E-state index contributed by atoms with van der Waals surface area (Å²) >= 11 is 3.30. The van der Waals surface area contributed by atoms with E-state index in [2.05, 4.69) is 20.1 Å². The maximum Gasteiger partial charge on any atom is 0.341 e. The molecule has 1 aliphatic carbocycles. The van der Waals surface area contributed by atoms with E-state index in [0.717, 1.165) is 74.5 Å². The molecule has 3 aromatic heterocycles. The van der Waals surface area contributed by atoms with E-state index in [-0.39, 0.29) is 12.0 Å². The van der Waals surface area contributed by atoms with Gasteiger partial charge in [0.25, 0.3) is 0 Å². The Hall–Kier alpha value is -2.66. The van der Waals surface area contributed by atoms with Crippen molar-refractivity contribution in [1.29, 1.82) is 0 Å². The number of nitrogens with one attached hydrogen (secondary N) is 2. The van der Waals surface area contributed by atoms with Crippen LogP contribution < -0.4 is 10.6 Å². The second kappa shape index (κ2) is 11.8. The minimum Gasteiger partial charge on any atom is -0.456 e. The number of rotatable bonds is 8. The minimum atomic E-state index is -0.605. The fourth-order valence-corrected chi connectivity index (χ4v) is 7.94. The predicted molar refractivity (Wildman–Crippen MR) is 156 cm³/mol. The number of ether oxygens (including phenoxy) is 2. The van der Waals surface area contributed by atoms with Crippen molar-refractivity contribution in [3.05, 3.63) is 56.5 Å². The lowest BCUT2D eigenvalue weighted by Gasteiger charge is -2.26. The Labute approximate surface area is 238 Å². The Bertz CT molecular complexity index is 1320. The molecule has 0 spiro atoms. The van der Waals surface area contributed by atoms with Gasteiger partial charge in [0.2, 0.25) is 0 Å². The highest BCUT2D eigenvalue weighted by Gasteiger charge is 2.30. The quantitative estimate of drug-likeness (QED) is 0.337. The molecule has 0 fully saturated rings. The molecule has 4 heterocycles. The van der Waals surface area contributed by atoms with Crippen molar-refractivity contribution in [3.8, 4) is 5.00 Å². The topological polar surface area (TPSA) is 84.8 Å². The molecule has 210 valence electrons. The van der Waals surface area contributed by atoms with E-state index < -0.39 is 5.60 Å². The van der Waals surface area contributed by atoms with E-state index in [1.54, 1.807) is 18.4 Å². The number of hydrogen-bond donors (Lipinski definition) is 2. The standard InChI is InChI=1S/C29H38N4O4S2/c1-29(2,3)37-27(34)24-20-9-5-6-10-22(20)38-25(24)31-28(35)30-17-21-19-11-14-32(15-16-36-4)18-23(19)39-26(21)33-12-7-8-13-33/h7-8,12-13H,5-6,9-11,14-18H2,1-4H3,(H2,30,31,35). The molecule has 2 amide bonds. The molecule has 0 unspecified atom stereocenters. The summed E-state index contributed by atoms with van der Waals surface area (Å²) in [4.78, 5) is 31.3. The van der Waals surface area contributed by atoms with Gasteiger partial charge in [0.15, 0.2) is 0 Å². The molecule has 0 aromatic carbocycles. The van der Waals surface area contributed by atoms with Gasteiger partial charge < -0.3 is 19.4 Å². The summed E-state index contributed by atoms with van der Waals surface area (Å²) in [5.41, 5.74) is 3.45. The highest BCUT2D eigenvalue weighted by molar-refractivity contribution is 7.17. The molecule has 8 nitrogen and oxygen atoms in total. The number of thiophene rings is 2. The van der Waals surface area contributed by atoms with Gasteiger partial charge in [0, 0.05) is 61.0 Å². The third-order valence-electron chi connectivity index (χ3n) is 7.10. The predicted octanol–water partition coefficient (Wildman–Crippen LogP) is 5.76. The van der Waals surface area contributed by atoms with Gasteiger partial charge >= 0.3 is 12.0 Å². The Balaban J connectivity index is 1.34. The van der Waals surface area contributed by atoms with Crippen LogP contribution in [0.4, 0.5) is 9.80 Å². The molecule has 0 saturated carbocycles. The number of fused-ring (bicyclic) bond motifs is 2. The first-order valence-corrected chi connectivity index (χ1v) is 15.3. The Morgan fingerprint density at radius 2 is 1.79 bits per heavy atom. The number of urea groups is 1. The third kappa shape index (κ3) is 6.40. The number of amides is 2. The summed E-state index contributed by atoms with van der Waals surface area (Å²) in [5.74, 6) is -0.364. The maximum absolute atomic E-state index is 13.2. The highest BCUT2D eigenvalue weighted by atomic mass is 32.1. The number of aromatic nitrogens is 1. The van der Waals surface area contributed by atoms with Crippen LogP contribution >= 0.6 is 22.7 Å². The number of aryl methyl sites for hydroxylation is 1. The lowest BCUT2D eigenvalue weighted by atomic mass is 9.95. The normalized spacial score (nSPS) is 15.5. The third-order valence-corrected chi connectivity index (χ3v) is 9.58. The van der Waals surface area contributed by atoms with Crippen molar-refractivity contribution in [1.82, 2.24) is 14.8 Å². The van der Waals surface area contributed by atoms with Crippen LogP contribution in [0.5, 0.6) is 0 Å². The van der Waals surface area contributed by atoms with Crippen LogP contribution in [0, 0.1) is 0 Å². The Morgan fingerprint density at radius 3 is 2.54 bits per heavy atom. The minimum absolute atomic E-state index is 0.311. The smallest absolute Gasteiger partial charge is 0.341 e. The lowest BCUT2D eigenvalue weighted by molar-refractivity contribution is 0.00699. The van der Waals surface area contributed by atoms with Crippen LogP contribution in [0.2, 0.25) is 0 Å². The zero-order chi connectivity index (χ0) is 27.6. The second-order valence-corrected chi connectivity index (χ2v) is 13.3. The average Bonchev–Trinajstić information content (AvgIpc) is 3.61. The molecular formula is C29H38N4O4S2. The monoisotopic (exact) mass is 570 g/mol. The molecule has 2 N–H and O–H groups in total. The summed E-state index contributed by atoms with van der Waals surface area (Å²) in [7, 11) is 1.74. The van der Waals surface area contributed by atoms with Crippen molar-refractivity contribution < 1.29 is 19.1 Å². The lowest BCUT2D eigenvalue weighted by Crippen LogP contribution is -2.33. The Morgan fingerprint density at radius 1 is 1.03 bits per heavy atom. The van der Waals surface area contributed by atoms with Gasteiger partial charge in [-0.25, -0.2) is 9.59 Å². The van der Waals surface area contributed by atoms with Crippen LogP contribution in [0.1, 0.15) is 70.4 Å². The molecule has 10 heteroatoms. The molecule has 0 bridgehead atoms. The van der Waals surface area contributed by atoms with Gasteiger partial charge in [-0.05, 0) is 76.1 Å². The van der Waals surface area contributed by atoms with Gasteiger partial charge in [-0.15, -0.1) is 22.7 Å². The van der Waals surface area contributed by atoms with Crippen molar-refractivity contribution in [2.24, 2.45) is 0 Å². The molecule has 5 rings (SSSR count). The average molecular weight is 571 g/mol. The number of carbonyl (C=O) groups excluding carboxylic acids is 2. The number of carbonyl (C=O) groups is 2. The summed E-state index contributed by atoms with van der Waals surface area (Å²) in [6.45, 7) is 9.50. The Kier molecular flexibility index (Phi) is 8.46. The summed E-state index contributed by atoms with van der Waals surface area (Å²) in [6, 6.07) is 3.73. The fraction of sp³-hybridized carbons (Fsp3) is 0.517. The molecule has 0 radical (unpaired) electrons. The molecule has 0 atom stereocenters. The number of hydrogen-bond acceptors (Lipinski definition) is 7. The molecular weight excluding hydrogens is 532 g/mol. The van der Waals surface area contributed by atoms with Gasteiger partial charge in [-0.3, -0.25) is 10.2 Å². The molecule has 0 saturated heterocycles. The maximum atomic E-state index is 13.2. The van der Waals surface area contributed by atoms with E-state index in [1.165, 1.54) is 26.7 Å². The van der Waals surface area contributed by atoms with E-state index in [4.69, 9.17) is 9.47 Å². The van der Waals surface area contributed by atoms with Crippen LogP contribution in [0.25, 0.3) is 5.00 Å². The summed E-state index contributed by atoms with van der Waals surface area (Å²) < 4.78 is 13.1. The van der Waals surface area contributed by atoms with E-state index >= 15 is 0 Å². The summed E-state index contributed by atoms with van der Waals surface area (Å²) in [5, 5.41) is 7.82. The second-order valence-electron chi connectivity index (χ2n) is 11.1. The highest BCUT2D eigenvalue weighted by Crippen LogP contribution is 2.39. The molecule has 2 aliphatic rings. The number of methoxy groups -OCH3 is 1. The molecule has 3 aromatic rings. The SMILES string of the molecule is COCCN1CCc2c(sc(-n3cccc3)c2CNC(=O)Nc2sc3c(c2C(=O)OC(C)(C)C)CCCC3)C1. The van der Waals surface area contributed by atoms with Crippen LogP contribution in [-0.2, 0) is 41.8 Å². The first kappa shape index (κ1) is 27.9. The van der Waals surface area contributed by atoms with Crippen molar-refractivity contribution >= 4 is 39.7 Å². The fourth-order valence-electron chi connectivity index (χ4n) is 5.29. The van der Waals surface area contributed by atoms with E-state index in [0.29, 0.717) is 17.1 Å². The van der Waals surface area contributed by atoms with Gasteiger partial charge in [0.1, 0.15) is 15.6 Å². The zero-order valence-corrected chi connectivity index (χ0v) is 24.9. The van der Waals surface area contributed by atoms with Gasteiger partial charge in [-0.1, -0.05) is 0 Å². The van der Waals surface area contributed by atoms with Crippen molar-refractivity contribution in [2.75, 3.05) is 32.1 Å². The number of esters is 1. The van der Waals surface area contributed by atoms with Crippen LogP contribution in [0.15, 0.2) is 24.5 Å². The van der Waals surface area contributed by atoms with Crippen molar-refractivity contribution in [2.45, 2.75) is 71.6 Å². The van der Waals surface area contributed by atoms with E-state index in [9.17, 15) is 9.59 Å². The van der Waals surface area contributed by atoms with Crippen LogP contribution in [-0.4, -0.2) is 53.9 Å². The zero-order valence-electron chi connectivity index (χ0n) is 23.2. The number of nitrogens with zero attached hydrogens (tertiary/aromatic N) is 2. The first-order chi connectivity index (χ1) is 18.7. The van der Waals surface area contributed by atoms with Crippen LogP contribution in [0.3, 0.4) is 0 Å². The largest absolute Gasteiger partial charge is 0.456 e. The van der Waals surface area contributed by atoms with Crippen molar-refractivity contribution in [3.63, 3.8) is 0 Å². The van der Waals surface area contributed by atoms with Gasteiger partial charge in [0.05, 0.1) is 12.2 Å². The van der Waals surface area contributed by atoms with E-state index in [1.807, 2.05) is 45.3 Å². The summed E-state index contributed by atoms with van der Waals surface area (Å²) in [6.07, 6.45) is 8.95. The first-order valence-electron chi connectivity index (χ1n) is 13.6. The molecule has 1 aliphatic heterocycles. The number of anilines is 1. The molecule has 39 heavy (non-hydrogen) atoms.